The molecule has 0 aliphatic carbocycles. The Morgan fingerprint density at radius 3 is 2.43 bits per heavy atom. The van der Waals surface area contributed by atoms with Crippen LogP contribution in [0.4, 0.5) is 20.2 Å². The van der Waals surface area contributed by atoms with Crippen molar-refractivity contribution >= 4 is 28.9 Å². The third kappa shape index (κ3) is 3.32. The minimum Gasteiger partial charge on any atom is -0.322 e. The predicted molar refractivity (Wildman–Crippen MR) is 72.4 cm³/mol. The van der Waals surface area contributed by atoms with Crippen molar-refractivity contribution in [1.82, 2.24) is 0 Å². The minimum atomic E-state index is -1.10. The molecule has 1 amide bonds. The van der Waals surface area contributed by atoms with Gasteiger partial charge < -0.3 is 5.32 Å². The Balaban J connectivity index is 2.22. The van der Waals surface area contributed by atoms with Gasteiger partial charge in [0, 0.05) is 23.4 Å². The molecule has 108 valence electrons. The summed E-state index contributed by atoms with van der Waals surface area (Å²) in [5.41, 5.74) is -0.232. The molecule has 0 fully saturated rings. The van der Waals surface area contributed by atoms with Gasteiger partial charge in [0.05, 0.1) is 4.92 Å². The first-order valence-electron chi connectivity index (χ1n) is 5.59. The maximum atomic E-state index is 13.0. The van der Waals surface area contributed by atoms with E-state index in [1.165, 1.54) is 12.1 Å². The standard InChI is InChI=1S/C13H7ClF2N2O3/c14-9-5-7(1-4-12(9)18(20)21)13(19)17-8-2-3-10(15)11(16)6-8/h1-6H,(H,17,19). The molecule has 0 bridgehead atoms. The number of anilines is 1. The molecule has 0 radical (unpaired) electrons. The summed E-state index contributed by atoms with van der Waals surface area (Å²) in [6, 6.07) is 6.29. The fourth-order valence-electron chi connectivity index (χ4n) is 1.57. The number of amides is 1. The first-order chi connectivity index (χ1) is 9.88. The van der Waals surface area contributed by atoms with Gasteiger partial charge in [0.25, 0.3) is 11.6 Å². The molecule has 0 aliphatic heterocycles. The van der Waals surface area contributed by atoms with Gasteiger partial charge in [-0.1, -0.05) is 11.6 Å². The number of carbonyl (C=O) groups excluding carboxylic acids is 1. The van der Waals surface area contributed by atoms with Crippen LogP contribution >= 0.6 is 11.6 Å². The lowest BCUT2D eigenvalue weighted by Gasteiger charge is -2.06. The Bertz CT molecular complexity index is 737. The maximum Gasteiger partial charge on any atom is 0.287 e. The number of nitrogens with zero attached hydrogens (tertiary/aromatic N) is 1. The van der Waals surface area contributed by atoms with Crippen LogP contribution in [0.3, 0.4) is 0 Å². The van der Waals surface area contributed by atoms with E-state index in [2.05, 4.69) is 5.32 Å². The molecular formula is C13H7ClF2N2O3. The Morgan fingerprint density at radius 2 is 1.86 bits per heavy atom. The zero-order valence-electron chi connectivity index (χ0n) is 10.3. The average Bonchev–Trinajstić information content (AvgIpc) is 2.42. The zero-order chi connectivity index (χ0) is 15.6. The van der Waals surface area contributed by atoms with Crippen molar-refractivity contribution in [2.24, 2.45) is 0 Å². The third-order valence-corrected chi connectivity index (χ3v) is 2.89. The lowest BCUT2D eigenvalue weighted by atomic mass is 10.2. The summed E-state index contributed by atoms with van der Waals surface area (Å²) in [4.78, 5) is 21.8. The van der Waals surface area contributed by atoms with E-state index in [4.69, 9.17) is 11.6 Å². The SMILES string of the molecule is O=C(Nc1ccc(F)c(F)c1)c1ccc([N+](=O)[O-])c(Cl)c1. The Morgan fingerprint density at radius 1 is 1.14 bits per heavy atom. The topological polar surface area (TPSA) is 72.2 Å². The second kappa shape index (κ2) is 5.84. The number of nitro groups is 1. The van der Waals surface area contributed by atoms with Gasteiger partial charge in [-0.15, -0.1) is 0 Å². The number of rotatable bonds is 3. The van der Waals surface area contributed by atoms with Crippen LogP contribution in [0.1, 0.15) is 10.4 Å². The second-order valence-electron chi connectivity index (χ2n) is 4.01. The zero-order valence-corrected chi connectivity index (χ0v) is 11.0. The van der Waals surface area contributed by atoms with E-state index in [9.17, 15) is 23.7 Å². The van der Waals surface area contributed by atoms with Gasteiger partial charge in [-0.2, -0.15) is 0 Å². The lowest BCUT2D eigenvalue weighted by Crippen LogP contribution is -2.12. The molecule has 5 nitrogen and oxygen atoms in total. The number of hydrogen-bond donors (Lipinski definition) is 1. The Kier molecular flexibility index (Phi) is 4.13. The minimum absolute atomic E-state index is 0.0494. The van der Waals surface area contributed by atoms with Gasteiger partial charge in [-0.25, -0.2) is 8.78 Å². The van der Waals surface area contributed by atoms with Crippen molar-refractivity contribution in [1.29, 1.82) is 0 Å². The molecule has 0 saturated heterocycles. The van der Waals surface area contributed by atoms with Gasteiger partial charge in [-0.05, 0) is 24.3 Å². The second-order valence-corrected chi connectivity index (χ2v) is 4.41. The van der Waals surface area contributed by atoms with E-state index < -0.39 is 22.5 Å². The van der Waals surface area contributed by atoms with Crippen molar-refractivity contribution in [3.63, 3.8) is 0 Å². The van der Waals surface area contributed by atoms with Crippen LogP contribution in [-0.2, 0) is 0 Å². The molecule has 21 heavy (non-hydrogen) atoms. The molecular weight excluding hydrogens is 306 g/mol. The van der Waals surface area contributed by atoms with E-state index in [-0.39, 0.29) is 22.0 Å². The van der Waals surface area contributed by atoms with Crippen LogP contribution in [0.5, 0.6) is 0 Å². The normalized spacial score (nSPS) is 10.2. The average molecular weight is 313 g/mol. The highest BCUT2D eigenvalue weighted by atomic mass is 35.5. The van der Waals surface area contributed by atoms with Gasteiger partial charge in [0.2, 0.25) is 0 Å². The highest BCUT2D eigenvalue weighted by molar-refractivity contribution is 6.33. The van der Waals surface area contributed by atoms with Crippen LogP contribution in [0, 0.1) is 21.7 Å². The van der Waals surface area contributed by atoms with E-state index in [0.29, 0.717) is 0 Å². The van der Waals surface area contributed by atoms with Crippen molar-refractivity contribution in [3.05, 3.63) is 68.7 Å². The van der Waals surface area contributed by atoms with Gasteiger partial charge >= 0.3 is 0 Å². The van der Waals surface area contributed by atoms with Crippen molar-refractivity contribution in [3.8, 4) is 0 Å². The molecule has 8 heteroatoms. The molecule has 0 heterocycles. The largest absolute Gasteiger partial charge is 0.322 e. The smallest absolute Gasteiger partial charge is 0.287 e. The number of carbonyl (C=O) groups is 1. The van der Waals surface area contributed by atoms with Crippen LogP contribution < -0.4 is 5.32 Å². The van der Waals surface area contributed by atoms with Crippen LogP contribution in [-0.4, -0.2) is 10.8 Å². The number of halogens is 3. The monoisotopic (exact) mass is 312 g/mol. The number of benzene rings is 2. The Hall–Kier alpha value is -2.54. The first kappa shape index (κ1) is 14.9. The summed E-state index contributed by atoms with van der Waals surface area (Å²) < 4.78 is 25.8. The molecule has 2 rings (SSSR count). The van der Waals surface area contributed by atoms with Crippen molar-refractivity contribution in [2.75, 3.05) is 5.32 Å². The highest BCUT2D eigenvalue weighted by Gasteiger charge is 2.15. The van der Waals surface area contributed by atoms with Crippen molar-refractivity contribution < 1.29 is 18.5 Å². The van der Waals surface area contributed by atoms with Crippen LogP contribution in [0.25, 0.3) is 0 Å². The van der Waals surface area contributed by atoms with E-state index in [0.717, 1.165) is 24.3 Å². The highest BCUT2D eigenvalue weighted by Crippen LogP contribution is 2.25. The third-order valence-electron chi connectivity index (χ3n) is 2.58. The summed E-state index contributed by atoms with van der Waals surface area (Å²) in [5.74, 6) is -2.79. The maximum absolute atomic E-state index is 13.0. The van der Waals surface area contributed by atoms with Crippen LogP contribution in [0.15, 0.2) is 36.4 Å². The molecule has 0 atom stereocenters. The summed E-state index contributed by atoms with van der Waals surface area (Å²) in [6.45, 7) is 0. The van der Waals surface area contributed by atoms with Crippen molar-refractivity contribution in [2.45, 2.75) is 0 Å². The summed E-state index contributed by atoms with van der Waals surface area (Å²) in [5, 5.41) is 12.7. The summed E-state index contributed by atoms with van der Waals surface area (Å²) >= 11 is 5.69. The molecule has 0 spiro atoms. The molecule has 0 aliphatic rings. The van der Waals surface area contributed by atoms with E-state index in [1.54, 1.807) is 0 Å². The lowest BCUT2D eigenvalue weighted by molar-refractivity contribution is -0.384. The quantitative estimate of drug-likeness (QED) is 0.692. The molecule has 2 aromatic carbocycles. The van der Waals surface area contributed by atoms with Gasteiger partial charge in [0.15, 0.2) is 11.6 Å². The Labute approximate surface area is 122 Å². The predicted octanol–water partition coefficient (Wildman–Crippen LogP) is 3.78. The molecule has 0 saturated carbocycles. The van der Waals surface area contributed by atoms with Gasteiger partial charge in [0.1, 0.15) is 5.02 Å². The molecule has 1 N–H and O–H groups in total. The number of hydrogen-bond acceptors (Lipinski definition) is 3. The first-order valence-corrected chi connectivity index (χ1v) is 5.96. The number of nitro benzene ring substituents is 1. The fourth-order valence-corrected chi connectivity index (χ4v) is 1.82. The fraction of sp³-hybridized carbons (Fsp3) is 0. The molecule has 0 aromatic heterocycles. The number of nitrogens with one attached hydrogen (secondary N) is 1. The summed E-state index contributed by atoms with van der Waals surface area (Å²) in [6.07, 6.45) is 0. The van der Waals surface area contributed by atoms with Gasteiger partial charge in [-0.3, -0.25) is 14.9 Å². The molecule has 0 unspecified atom stereocenters. The van der Waals surface area contributed by atoms with E-state index in [1.807, 2.05) is 0 Å². The van der Waals surface area contributed by atoms with Crippen LogP contribution in [0.2, 0.25) is 5.02 Å². The molecule has 2 aromatic rings. The summed E-state index contributed by atoms with van der Waals surface area (Å²) in [7, 11) is 0. The van der Waals surface area contributed by atoms with E-state index >= 15 is 0 Å².